The van der Waals surface area contributed by atoms with Gasteiger partial charge in [0.05, 0.1) is 5.69 Å². The molecule has 0 aliphatic rings. The van der Waals surface area contributed by atoms with Gasteiger partial charge in [0.25, 0.3) is 0 Å². The van der Waals surface area contributed by atoms with Crippen LogP contribution in [0.15, 0.2) is 97.2 Å². The van der Waals surface area contributed by atoms with Crippen molar-refractivity contribution >= 4 is 34.9 Å². The summed E-state index contributed by atoms with van der Waals surface area (Å²) in [5, 5.41) is 1.44. The molecule has 0 unspecified atom stereocenters. The maximum atomic E-state index is 6.08. The number of hydrogen-bond donors (Lipinski definition) is 0. The van der Waals surface area contributed by atoms with Gasteiger partial charge in [-0.25, -0.2) is 0 Å². The first-order valence-corrected chi connectivity index (χ1v) is 9.70. The molecule has 0 aliphatic carbocycles. The largest absolute Gasteiger partial charge is 0.256 e. The quantitative estimate of drug-likeness (QED) is 0.320. The Morgan fingerprint density at radius 3 is 1.71 bits per heavy atom. The summed E-state index contributed by atoms with van der Waals surface area (Å²) < 4.78 is 0. The van der Waals surface area contributed by atoms with Gasteiger partial charge in [0, 0.05) is 21.8 Å². The summed E-state index contributed by atoms with van der Waals surface area (Å²) in [5.74, 6) is 0. The summed E-state index contributed by atoms with van der Waals surface area (Å²) in [6, 6.07) is 30.1. The Morgan fingerprint density at radius 1 is 0.643 bits per heavy atom. The van der Waals surface area contributed by atoms with Crippen molar-refractivity contribution < 1.29 is 0 Å². The normalized spacial score (nSPS) is 10.5. The van der Waals surface area contributed by atoms with Gasteiger partial charge >= 0.3 is 0 Å². The lowest BCUT2D eigenvalue weighted by atomic mass is 9.95. The molecule has 1 nitrogen and oxygen atoms in total. The van der Waals surface area contributed by atoms with E-state index in [1.54, 1.807) is 0 Å². The summed E-state index contributed by atoms with van der Waals surface area (Å²) in [6.45, 7) is 0. The SMILES string of the molecule is Clc1ccc(C(=Cc2ccc(-c3ccccn3)cc2)c2ccc(Cl)cc2)cc1. The van der Waals surface area contributed by atoms with Crippen LogP contribution in [0, 0.1) is 0 Å². The van der Waals surface area contributed by atoms with Gasteiger partial charge in [-0.3, -0.25) is 4.98 Å². The molecule has 1 heterocycles. The third kappa shape index (κ3) is 4.33. The molecule has 0 fully saturated rings. The van der Waals surface area contributed by atoms with Crippen molar-refractivity contribution in [3.8, 4) is 11.3 Å². The van der Waals surface area contributed by atoms with Crippen molar-refractivity contribution in [3.05, 3.63) is 124 Å². The maximum Gasteiger partial charge on any atom is 0.0701 e. The molecule has 0 amide bonds. The number of pyridine rings is 1. The predicted octanol–water partition coefficient (Wildman–Crippen LogP) is 7.64. The fourth-order valence-corrected chi connectivity index (χ4v) is 3.29. The molecule has 136 valence electrons. The number of aromatic nitrogens is 1. The minimum absolute atomic E-state index is 0.721. The van der Waals surface area contributed by atoms with Crippen LogP contribution in [0.3, 0.4) is 0 Å². The molecule has 4 aromatic rings. The fourth-order valence-electron chi connectivity index (χ4n) is 3.04. The van der Waals surface area contributed by atoms with E-state index in [0.29, 0.717) is 0 Å². The Morgan fingerprint density at radius 2 is 1.21 bits per heavy atom. The average Bonchev–Trinajstić information content (AvgIpc) is 2.75. The molecule has 0 saturated carbocycles. The van der Waals surface area contributed by atoms with Crippen LogP contribution in [-0.2, 0) is 0 Å². The van der Waals surface area contributed by atoms with Gasteiger partial charge < -0.3 is 0 Å². The molecule has 0 bridgehead atoms. The van der Waals surface area contributed by atoms with Crippen molar-refractivity contribution in [3.63, 3.8) is 0 Å². The molecular weight excluding hydrogens is 385 g/mol. The lowest BCUT2D eigenvalue weighted by Gasteiger charge is -2.10. The number of hydrogen-bond acceptors (Lipinski definition) is 1. The zero-order valence-corrected chi connectivity index (χ0v) is 16.5. The molecule has 3 aromatic carbocycles. The molecule has 0 atom stereocenters. The van der Waals surface area contributed by atoms with Crippen LogP contribution in [0.25, 0.3) is 22.9 Å². The van der Waals surface area contributed by atoms with Gasteiger partial charge in [0.15, 0.2) is 0 Å². The minimum Gasteiger partial charge on any atom is -0.256 e. The van der Waals surface area contributed by atoms with Crippen LogP contribution in [0.5, 0.6) is 0 Å². The molecule has 0 spiro atoms. The molecule has 0 aliphatic heterocycles. The zero-order valence-electron chi connectivity index (χ0n) is 15.0. The predicted molar refractivity (Wildman–Crippen MR) is 120 cm³/mol. The Bertz CT molecular complexity index is 1030. The zero-order chi connectivity index (χ0) is 19.3. The lowest BCUT2D eigenvalue weighted by molar-refractivity contribution is 1.33. The summed E-state index contributed by atoms with van der Waals surface area (Å²) in [4.78, 5) is 4.41. The van der Waals surface area contributed by atoms with Crippen LogP contribution in [0.4, 0.5) is 0 Å². The Labute approximate surface area is 174 Å². The molecule has 0 radical (unpaired) electrons. The lowest BCUT2D eigenvalue weighted by Crippen LogP contribution is -1.89. The van der Waals surface area contributed by atoms with Crippen molar-refractivity contribution in [2.45, 2.75) is 0 Å². The maximum absolute atomic E-state index is 6.08. The fraction of sp³-hybridized carbons (Fsp3) is 0. The highest BCUT2D eigenvalue weighted by Crippen LogP contribution is 2.29. The summed E-state index contributed by atoms with van der Waals surface area (Å²) >= 11 is 12.2. The van der Waals surface area contributed by atoms with Crippen molar-refractivity contribution in [2.24, 2.45) is 0 Å². The minimum atomic E-state index is 0.721. The first-order valence-electron chi connectivity index (χ1n) is 8.94. The Kier molecular flexibility index (Phi) is 5.57. The second-order valence-corrected chi connectivity index (χ2v) is 7.28. The van der Waals surface area contributed by atoms with Gasteiger partial charge in [0.1, 0.15) is 0 Å². The van der Waals surface area contributed by atoms with Crippen LogP contribution in [-0.4, -0.2) is 4.98 Å². The van der Waals surface area contributed by atoms with Gasteiger partial charge in [-0.05, 0) is 64.7 Å². The first-order chi connectivity index (χ1) is 13.7. The Hall–Kier alpha value is -2.87. The van der Waals surface area contributed by atoms with E-state index in [9.17, 15) is 0 Å². The van der Waals surface area contributed by atoms with E-state index in [1.165, 1.54) is 0 Å². The highest BCUT2D eigenvalue weighted by atomic mass is 35.5. The van der Waals surface area contributed by atoms with Crippen molar-refractivity contribution in [2.75, 3.05) is 0 Å². The average molecular weight is 402 g/mol. The molecular formula is C25H17Cl2N. The second-order valence-electron chi connectivity index (χ2n) is 6.41. The van der Waals surface area contributed by atoms with Crippen molar-refractivity contribution in [1.29, 1.82) is 0 Å². The third-order valence-electron chi connectivity index (χ3n) is 4.49. The summed E-state index contributed by atoms with van der Waals surface area (Å²) in [7, 11) is 0. The van der Waals surface area contributed by atoms with Gasteiger partial charge in [-0.1, -0.05) is 77.8 Å². The van der Waals surface area contributed by atoms with E-state index in [1.807, 2.05) is 72.9 Å². The van der Waals surface area contributed by atoms with Gasteiger partial charge in [0.2, 0.25) is 0 Å². The van der Waals surface area contributed by atoms with E-state index in [4.69, 9.17) is 23.2 Å². The van der Waals surface area contributed by atoms with Crippen LogP contribution in [0.1, 0.15) is 16.7 Å². The van der Waals surface area contributed by atoms with E-state index in [0.717, 1.165) is 43.6 Å². The molecule has 0 saturated heterocycles. The highest BCUT2D eigenvalue weighted by molar-refractivity contribution is 6.31. The standard InChI is InChI=1S/C25H17Cl2N/c26-22-12-8-19(9-13-22)24(20-10-14-23(27)15-11-20)17-18-4-6-21(7-5-18)25-3-1-2-16-28-25/h1-17H. The smallest absolute Gasteiger partial charge is 0.0701 e. The summed E-state index contributed by atoms with van der Waals surface area (Å²) in [5.41, 5.74) is 6.48. The molecule has 4 rings (SSSR count). The number of rotatable bonds is 4. The topological polar surface area (TPSA) is 12.9 Å². The van der Waals surface area contributed by atoms with E-state index < -0.39 is 0 Å². The number of nitrogens with zero attached hydrogens (tertiary/aromatic N) is 1. The molecule has 3 heteroatoms. The first kappa shape index (κ1) is 18.5. The molecule has 1 aromatic heterocycles. The second kappa shape index (κ2) is 8.43. The highest BCUT2D eigenvalue weighted by Gasteiger charge is 2.07. The van der Waals surface area contributed by atoms with Crippen LogP contribution in [0.2, 0.25) is 10.0 Å². The van der Waals surface area contributed by atoms with Crippen LogP contribution < -0.4 is 0 Å². The van der Waals surface area contributed by atoms with Crippen molar-refractivity contribution in [1.82, 2.24) is 4.98 Å². The Balaban J connectivity index is 1.74. The van der Waals surface area contributed by atoms with Gasteiger partial charge in [-0.2, -0.15) is 0 Å². The summed E-state index contributed by atoms with van der Waals surface area (Å²) in [6.07, 6.45) is 3.98. The third-order valence-corrected chi connectivity index (χ3v) is 5.00. The monoisotopic (exact) mass is 401 g/mol. The van der Waals surface area contributed by atoms with Crippen LogP contribution >= 0.6 is 23.2 Å². The van der Waals surface area contributed by atoms with E-state index in [2.05, 4.69) is 35.3 Å². The van der Waals surface area contributed by atoms with E-state index >= 15 is 0 Å². The molecule has 28 heavy (non-hydrogen) atoms. The molecule has 0 N–H and O–H groups in total. The number of benzene rings is 3. The van der Waals surface area contributed by atoms with Gasteiger partial charge in [-0.15, -0.1) is 0 Å². The van der Waals surface area contributed by atoms with E-state index in [-0.39, 0.29) is 0 Å². The number of halogens is 2.